The van der Waals surface area contributed by atoms with Crippen molar-refractivity contribution in [3.8, 4) is 16.9 Å². The highest BCUT2D eigenvalue weighted by molar-refractivity contribution is 7.89. The number of nitrogens with two attached hydrogens (primary N) is 1. The first kappa shape index (κ1) is 16.2. The van der Waals surface area contributed by atoms with E-state index in [0.29, 0.717) is 11.3 Å². The van der Waals surface area contributed by atoms with Gasteiger partial charge >= 0.3 is 5.76 Å². The van der Waals surface area contributed by atoms with Crippen LogP contribution in [-0.2, 0) is 10.0 Å². The van der Waals surface area contributed by atoms with Gasteiger partial charge in [0.1, 0.15) is 11.6 Å². The van der Waals surface area contributed by atoms with E-state index in [1.54, 1.807) is 13.0 Å². The smallest absolute Gasteiger partial charge is 0.412 e. The van der Waals surface area contributed by atoms with Gasteiger partial charge in [0.25, 0.3) is 0 Å². The topological polar surface area (TPSA) is 95.3 Å². The summed E-state index contributed by atoms with van der Waals surface area (Å²) in [5.41, 5.74) is 0.880. The average molecular weight is 348 g/mol. The van der Waals surface area contributed by atoms with Crippen molar-refractivity contribution >= 4 is 10.0 Å². The van der Waals surface area contributed by atoms with Crippen LogP contribution in [0.2, 0.25) is 0 Å². The summed E-state index contributed by atoms with van der Waals surface area (Å²) in [7, 11) is -3.83. The Hall–Kier alpha value is -2.71. The lowest BCUT2D eigenvalue weighted by molar-refractivity contribution is 0.477. The Labute approximate surface area is 137 Å². The maximum absolute atomic E-state index is 14.1. The van der Waals surface area contributed by atoms with Gasteiger partial charge in [-0.3, -0.25) is 0 Å². The SMILES string of the molecule is Cc1oc(=O)n(-c2ccccc2F)c1-c1ccc(S(N)(=O)=O)cc1. The molecule has 1 aromatic heterocycles. The Kier molecular flexibility index (Phi) is 3.86. The number of hydrogen-bond donors (Lipinski definition) is 1. The van der Waals surface area contributed by atoms with Gasteiger partial charge in [-0.25, -0.2) is 27.3 Å². The van der Waals surface area contributed by atoms with Crippen LogP contribution in [0.4, 0.5) is 4.39 Å². The van der Waals surface area contributed by atoms with Gasteiger partial charge < -0.3 is 4.42 Å². The van der Waals surface area contributed by atoms with Crippen molar-refractivity contribution in [1.82, 2.24) is 4.57 Å². The van der Waals surface area contributed by atoms with Crippen LogP contribution in [0.15, 0.2) is 62.6 Å². The molecule has 0 radical (unpaired) electrons. The molecule has 8 heteroatoms. The van der Waals surface area contributed by atoms with E-state index >= 15 is 0 Å². The van der Waals surface area contributed by atoms with E-state index < -0.39 is 21.6 Å². The molecule has 0 spiro atoms. The maximum Gasteiger partial charge on any atom is 0.424 e. The molecule has 0 bridgehead atoms. The van der Waals surface area contributed by atoms with Gasteiger partial charge in [0, 0.05) is 5.56 Å². The fourth-order valence-electron chi connectivity index (χ4n) is 2.46. The number of rotatable bonds is 3. The third-order valence-corrected chi connectivity index (χ3v) is 4.46. The zero-order valence-electron chi connectivity index (χ0n) is 12.6. The average Bonchev–Trinajstić information content (AvgIpc) is 2.81. The van der Waals surface area contributed by atoms with Gasteiger partial charge in [-0.05, 0) is 31.2 Å². The summed E-state index contributed by atoms with van der Waals surface area (Å²) in [6.45, 7) is 1.57. The van der Waals surface area contributed by atoms with Crippen LogP contribution in [0.25, 0.3) is 16.9 Å². The van der Waals surface area contributed by atoms with Gasteiger partial charge in [0.05, 0.1) is 16.3 Å². The van der Waals surface area contributed by atoms with Crippen molar-refractivity contribution in [3.05, 3.63) is 70.7 Å². The number of aryl methyl sites for hydroxylation is 1. The summed E-state index contributed by atoms with van der Waals surface area (Å²) in [6, 6.07) is 11.4. The minimum absolute atomic E-state index is 0.0462. The second-order valence-electron chi connectivity index (χ2n) is 5.13. The summed E-state index contributed by atoms with van der Waals surface area (Å²) in [6.07, 6.45) is 0. The van der Waals surface area contributed by atoms with E-state index in [2.05, 4.69) is 0 Å². The number of benzene rings is 2. The third-order valence-electron chi connectivity index (χ3n) is 3.53. The second-order valence-corrected chi connectivity index (χ2v) is 6.69. The largest absolute Gasteiger partial charge is 0.424 e. The lowest BCUT2D eigenvalue weighted by Crippen LogP contribution is -2.15. The highest BCUT2D eigenvalue weighted by atomic mass is 32.2. The molecular weight excluding hydrogens is 335 g/mol. The van der Waals surface area contributed by atoms with E-state index in [1.807, 2.05) is 0 Å². The van der Waals surface area contributed by atoms with E-state index in [-0.39, 0.29) is 16.3 Å². The number of aromatic nitrogens is 1. The van der Waals surface area contributed by atoms with Crippen molar-refractivity contribution in [2.24, 2.45) is 5.14 Å². The Bertz CT molecular complexity index is 1070. The molecule has 0 fully saturated rings. The summed E-state index contributed by atoms with van der Waals surface area (Å²) in [5, 5.41) is 5.07. The molecule has 0 atom stereocenters. The Morgan fingerprint density at radius 2 is 1.71 bits per heavy atom. The molecule has 0 saturated heterocycles. The van der Waals surface area contributed by atoms with Crippen LogP contribution >= 0.6 is 0 Å². The van der Waals surface area contributed by atoms with E-state index in [4.69, 9.17) is 9.56 Å². The fourth-order valence-corrected chi connectivity index (χ4v) is 2.98. The minimum atomic E-state index is -3.83. The van der Waals surface area contributed by atoms with Crippen LogP contribution in [0.5, 0.6) is 0 Å². The molecule has 2 N–H and O–H groups in total. The van der Waals surface area contributed by atoms with Gasteiger partial charge in [0.2, 0.25) is 10.0 Å². The standard InChI is InChI=1S/C16H13FN2O4S/c1-10-15(11-6-8-12(9-7-11)24(18,21)22)19(16(20)23-10)14-5-3-2-4-13(14)17/h2-9H,1H3,(H2,18,21,22). The molecule has 0 amide bonds. The predicted octanol–water partition coefficient (Wildman–Crippen LogP) is 2.19. The molecular formula is C16H13FN2O4S. The van der Waals surface area contributed by atoms with Gasteiger partial charge in [-0.15, -0.1) is 0 Å². The van der Waals surface area contributed by atoms with Gasteiger partial charge in [-0.2, -0.15) is 0 Å². The van der Waals surface area contributed by atoms with Crippen molar-refractivity contribution in [1.29, 1.82) is 0 Å². The molecule has 24 heavy (non-hydrogen) atoms. The van der Waals surface area contributed by atoms with Crippen molar-refractivity contribution < 1.29 is 17.2 Å². The highest BCUT2D eigenvalue weighted by Gasteiger charge is 2.19. The molecule has 124 valence electrons. The second kappa shape index (κ2) is 5.73. The van der Waals surface area contributed by atoms with Crippen LogP contribution in [0.3, 0.4) is 0 Å². The molecule has 0 aliphatic carbocycles. The number of para-hydroxylation sites is 1. The zero-order valence-corrected chi connectivity index (χ0v) is 13.4. The summed E-state index contributed by atoms with van der Waals surface area (Å²) < 4.78 is 43.0. The van der Waals surface area contributed by atoms with Crippen LogP contribution in [0.1, 0.15) is 5.76 Å². The number of nitrogens with zero attached hydrogens (tertiary/aromatic N) is 1. The molecule has 0 aliphatic rings. The minimum Gasteiger partial charge on any atom is -0.412 e. The van der Waals surface area contributed by atoms with Gasteiger partial charge in [0.15, 0.2) is 0 Å². The molecule has 0 unspecified atom stereocenters. The number of oxazole rings is 1. The quantitative estimate of drug-likeness (QED) is 0.785. The molecule has 0 aliphatic heterocycles. The van der Waals surface area contributed by atoms with Gasteiger partial charge in [-0.1, -0.05) is 24.3 Å². The monoisotopic (exact) mass is 348 g/mol. The van der Waals surface area contributed by atoms with Crippen molar-refractivity contribution in [3.63, 3.8) is 0 Å². The molecule has 3 aromatic rings. The van der Waals surface area contributed by atoms with Crippen LogP contribution < -0.4 is 10.9 Å². The highest BCUT2D eigenvalue weighted by Crippen LogP contribution is 2.27. The van der Waals surface area contributed by atoms with Crippen molar-refractivity contribution in [2.75, 3.05) is 0 Å². The summed E-state index contributed by atoms with van der Waals surface area (Å²) in [5.74, 6) is -1.03. The van der Waals surface area contributed by atoms with Crippen LogP contribution in [-0.4, -0.2) is 13.0 Å². The summed E-state index contributed by atoms with van der Waals surface area (Å²) in [4.78, 5) is 12.1. The lowest BCUT2D eigenvalue weighted by Gasteiger charge is -2.08. The predicted molar refractivity (Wildman–Crippen MR) is 85.8 cm³/mol. The van der Waals surface area contributed by atoms with E-state index in [1.165, 1.54) is 42.5 Å². The van der Waals surface area contributed by atoms with E-state index in [0.717, 1.165) is 4.57 Å². The number of primary sulfonamides is 1. The Balaban J connectivity index is 2.23. The van der Waals surface area contributed by atoms with Crippen LogP contribution in [0, 0.1) is 12.7 Å². The summed E-state index contributed by atoms with van der Waals surface area (Å²) >= 11 is 0. The Morgan fingerprint density at radius 3 is 2.29 bits per heavy atom. The molecule has 1 heterocycles. The molecule has 3 rings (SSSR count). The lowest BCUT2D eigenvalue weighted by atomic mass is 10.1. The van der Waals surface area contributed by atoms with Crippen molar-refractivity contribution in [2.45, 2.75) is 11.8 Å². The van der Waals surface area contributed by atoms with E-state index in [9.17, 15) is 17.6 Å². The first-order chi connectivity index (χ1) is 11.3. The maximum atomic E-state index is 14.1. The Morgan fingerprint density at radius 1 is 1.08 bits per heavy atom. The normalized spacial score (nSPS) is 11.6. The third kappa shape index (κ3) is 2.77. The number of halogens is 1. The molecule has 6 nitrogen and oxygen atoms in total. The fraction of sp³-hybridized carbons (Fsp3) is 0.0625. The molecule has 2 aromatic carbocycles. The number of sulfonamides is 1. The molecule has 0 saturated carbocycles. The number of hydrogen-bond acceptors (Lipinski definition) is 4. The zero-order chi connectivity index (χ0) is 17.5. The first-order valence-electron chi connectivity index (χ1n) is 6.89. The first-order valence-corrected chi connectivity index (χ1v) is 8.44.